The van der Waals surface area contributed by atoms with Crippen molar-refractivity contribution in [2.24, 2.45) is 5.92 Å². The maximum Gasteiger partial charge on any atom is 0.131 e. The van der Waals surface area contributed by atoms with Gasteiger partial charge in [0.15, 0.2) is 0 Å². The molecule has 5 nitrogen and oxygen atoms in total. The minimum absolute atomic E-state index is 0.700. The SMILES string of the molecule is COCCNCC1CCCN(c2ccncn2)C1. The number of nitrogens with zero attached hydrogens (tertiary/aromatic N) is 3. The van der Waals surface area contributed by atoms with E-state index in [2.05, 4.69) is 20.2 Å². The van der Waals surface area contributed by atoms with Gasteiger partial charge in [0.25, 0.3) is 0 Å². The molecule has 1 N–H and O–H groups in total. The van der Waals surface area contributed by atoms with E-state index in [0.29, 0.717) is 5.92 Å². The van der Waals surface area contributed by atoms with Crippen molar-refractivity contribution in [2.45, 2.75) is 12.8 Å². The first kappa shape index (κ1) is 13.2. The molecule has 18 heavy (non-hydrogen) atoms. The summed E-state index contributed by atoms with van der Waals surface area (Å²) >= 11 is 0. The molecular weight excluding hydrogens is 228 g/mol. The maximum atomic E-state index is 5.03. The summed E-state index contributed by atoms with van der Waals surface area (Å²) in [5, 5.41) is 3.44. The Labute approximate surface area is 109 Å². The highest BCUT2D eigenvalue weighted by Crippen LogP contribution is 2.20. The molecule has 1 unspecified atom stereocenters. The Kier molecular flexibility index (Phi) is 5.36. The summed E-state index contributed by atoms with van der Waals surface area (Å²) in [6.45, 7) is 4.95. The molecule has 2 heterocycles. The molecule has 0 bridgehead atoms. The second-order valence-electron chi connectivity index (χ2n) is 4.72. The predicted octanol–water partition coefficient (Wildman–Crippen LogP) is 0.929. The lowest BCUT2D eigenvalue weighted by atomic mass is 9.98. The van der Waals surface area contributed by atoms with Crippen LogP contribution in [0.25, 0.3) is 0 Å². The number of anilines is 1. The average Bonchev–Trinajstić information content (AvgIpc) is 2.45. The van der Waals surface area contributed by atoms with Gasteiger partial charge in [0, 0.05) is 32.9 Å². The summed E-state index contributed by atoms with van der Waals surface area (Å²) in [6, 6.07) is 1.99. The van der Waals surface area contributed by atoms with Crippen LogP contribution in [0.3, 0.4) is 0 Å². The van der Waals surface area contributed by atoms with E-state index < -0.39 is 0 Å². The summed E-state index contributed by atoms with van der Waals surface area (Å²) in [5.41, 5.74) is 0. The number of rotatable bonds is 6. The van der Waals surface area contributed by atoms with Crippen LogP contribution in [0.15, 0.2) is 18.6 Å². The second-order valence-corrected chi connectivity index (χ2v) is 4.72. The number of hydrogen-bond donors (Lipinski definition) is 1. The lowest BCUT2D eigenvalue weighted by Gasteiger charge is -2.33. The molecule has 1 aliphatic heterocycles. The van der Waals surface area contributed by atoms with Crippen molar-refractivity contribution in [1.82, 2.24) is 15.3 Å². The monoisotopic (exact) mass is 250 g/mol. The van der Waals surface area contributed by atoms with Crippen LogP contribution < -0.4 is 10.2 Å². The first-order chi connectivity index (χ1) is 8.90. The molecular formula is C13H22N4O. The molecule has 0 spiro atoms. The van der Waals surface area contributed by atoms with Gasteiger partial charge in [-0.25, -0.2) is 9.97 Å². The summed E-state index contributed by atoms with van der Waals surface area (Å²) in [4.78, 5) is 10.6. The molecule has 100 valence electrons. The van der Waals surface area contributed by atoms with E-state index in [1.54, 1.807) is 13.4 Å². The van der Waals surface area contributed by atoms with E-state index >= 15 is 0 Å². The molecule has 1 aromatic heterocycles. The lowest BCUT2D eigenvalue weighted by molar-refractivity contribution is 0.197. The Balaban J connectivity index is 1.78. The Bertz CT molecular complexity index is 333. The topological polar surface area (TPSA) is 50.3 Å². The van der Waals surface area contributed by atoms with Gasteiger partial charge in [0.2, 0.25) is 0 Å². The molecule has 0 saturated carbocycles. The smallest absolute Gasteiger partial charge is 0.131 e. The van der Waals surface area contributed by atoms with E-state index in [1.807, 2.05) is 12.3 Å². The second kappa shape index (κ2) is 7.28. The predicted molar refractivity (Wildman–Crippen MR) is 71.7 cm³/mol. The van der Waals surface area contributed by atoms with Gasteiger partial charge < -0.3 is 15.0 Å². The third-order valence-corrected chi connectivity index (χ3v) is 3.33. The lowest BCUT2D eigenvalue weighted by Crippen LogP contribution is -2.40. The minimum Gasteiger partial charge on any atom is -0.383 e. The molecule has 0 aromatic carbocycles. The summed E-state index contributed by atoms with van der Waals surface area (Å²) in [6.07, 6.45) is 5.96. The number of methoxy groups -OCH3 is 1. The summed E-state index contributed by atoms with van der Waals surface area (Å²) in [5.74, 6) is 1.75. The summed E-state index contributed by atoms with van der Waals surface area (Å²) < 4.78 is 5.03. The van der Waals surface area contributed by atoms with Crippen molar-refractivity contribution in [3.05, 3.63) is 18.6 Å². The summed E-state index contributed by atoms with van der Waals surface area (Å²) in [7, 11) is 1.74. The zero-order valence-electron chi connectivity index (χ0n) is 11.0. The Morgan fingerprint density at radius 1 is 1.56 bits per heavy atom. The van der Waals surface area contributed by atoms with Crippen LogP contribution in [0.2, 0.25) is 0 Å². The van der Waals surface area contributed by atoms with Crippen molar-refractivity contribution in [3.63, 3.8) is 0 Å². The van der Waals surface area contributed by atoms with Crippen molar-refractivity contribution in [3.8, 4) is 0 Å². The molecule has 1 fully saturated rings. The van der Waals surface area contributed by atoms with Gasteiger partial charge >= 0.3 is 0 Å². The van der Waals surface area contributed by atoms with Crippen LogP contribution in [0, 0.1) is 5.92 Å². The molecule has 1 saturated heterocycles. The van der Waals surface area contributed by atoms with E-state index in [0.717, 1.165) is 38.6 Å². The normalized spacial score (nSPS) is 20.1. The number of piperidine rings is 1. The van der Waals surface area contributed by atoms with Crippen LogP contribution >= 0.6 is 0 Å². The van der Waals surface area contributed by atoms with Crippen molar-refractivity contribution in [2.75, 3.05) is 44.8 Å². The zero-order valence-corrected chi connectivity index (χ0v) is 11.0. The minimum atomic E-state index is 0.700. The Morgan fingerprint density at radius 3 is 3.28 bits per heavy atom. The van der Waals surface area contributed by atoms with E-state index in [9.17, 15) is 0 Å². The fraction of sp³-hybridized carbons (Fsp3) is 0.692. The van der Waals surface area contributed by atoms with Gasteiger partial charge in [-0.15, -0.1) is 0 Å². The molecule has 0 radical (unpaired) electrons. The van der Waals surface area contributed by atoms with Crippen LogP contribution in [-0.2, 0) is 4.74 Å². The number of hydrogen-bond acceptors (Lipinski definition) is 5. The number of ether oxygens (including phenoxy) is 1. The highest BCUT2D eigenvalue weighted by Gasteiger charge is 2.20. The molecule has 0 aliphatic carbocycles. The first-order valence-corrected chi connectivity index (χ1v) is 6.61. The molecule has 2 rings (SSSR count). The average molecular weight is 250 g/mol. The van der Waals surface area contributed by atoms with Gasteiger partial charge in [-0.3, -0.25) is 0 Å². The third kappa shape index (κ3) is 3.92. The number of aromatic nitrogens is 2. The Morgan fingerprint density at radius 2 is 2.50 bits per heavy atom. The number of nitrogens with one attached hydrogen (secondary N) is 1. The highest BCUT2D eigenvalue weighted by molar-refractivity contribution is 5.36. The third-order valence-electron chi connectivity index (χ3n) is 3.33. The fourth-order valence-corrected chi connectivity index (χ4v) is 2.39. The van der Waals surface area contributed by atoms with E-state index in [1.165, 1.54) is 12.8 Å². The quantitative estimate of drug-likeness (QED) is 0.761. The standard InChI is InChI=1S/C13H22N4O/c1-18-8-6-14-9-12-3-2-7-17(10-12)13-4-5-15-11-16-13/h4-5,11-12,14H,2-3,6-10H2,1H3. The van der Waals surface area contributed by atoms with Crippen LogP contribution in [0.4, 0.5) is 5.82 Å². The molecule has 1 atom stereocenters. The Hall–Kier alpha value is -1.20. The van der Waals surface area contributed by atoms with Gasteiger partial charge in [0.05, 0.1) is 6.61 Å². The highest BCUT2D eigenvalue weighted by atomic mass is 16.5. The maximum absolute atomic E-state index is 5.03. The van der Waals surface area contributed by atoms with Gasteiger partial charge in [-0.1, -0.05) is 0 Å². The molecule has 0 amide bonds. The van der Waals surface area contributed by atoms with Crippen molar-refractivity contribution in [1.29, 1.82) is 0 Å². The zero-order chi connectivity index (χ0) is 12.6. The van der Waals surface area contributed by atoms with Gasteiger partial charge in [-0.2, -0.15) is 0 Å². The van der Waals surface area contributed by atoms with Crippen LogP contribution in [0.5, 0.6) is 0 Å². The largest absolute Gasteiger partial charge is 0.383 e. The van der Waals surface area contributed by atoms with E-state index in [4.69, 9.17) is 4.74 Å². The molecule has 5 heteroatoms. The van der Waals surface area contributed by atoms with Crippen molar-refractivity contribution >= 4 is 5.82 Å². The molecule has 1 aliphatic rings. The van der Waals surface area contributed by atoms with Crippen LogP contribution in [-0.4, -0.2) is 49.9 Å². The van der Waals surface area contributed by atoms with Crippen molar-refractivity contribution < 1.29 is 4.74 Å². The van der Waals surface area contributed by atoms with Gasteiger partial charge in [0.1, 0.15) is 12.1 Å². The van der Waals surface area contributed by atoms with Crippen LogP contribution in [0.1, 0.15) is 12.8 Å². The first-order valence-electron chi connectivity index (χ1n) is 6.61. The fourth-order valence-electron chi connectivity index (χ4n) is 2.39. The van der Waals surface area contributed by atoms with E-state index in [-0.39, 0.29) is 0 Å². The molecule has 1 aromatic rings. The van der Waals surface area contributed by atoms with Gasteiger partial charge in [-0.05, 0) is 31.4 Å².